The maximum atomic E-state index is 12.2. The number of rotatable bonds is 3. The van der Waals surface area contributed by atoms with Gasteiger partial charge in [0.1, 0.15) is 6.10 Å². The van der Waals surface area contributed by atoms with Crippen LogP contribution < -0.4 is 0 Å². The monoisotopic (exact) mass is 470 g/mol. The highest BCUT2D eigenvalue weighted by Crippen LogP contribution is 2.66. The van der Waals surface area contributed by atoms with Crippen LogP contribution in [0, 0.1) is 28.6 Å². The highest BCUT2D eigenvalue weighted by atomic mass is 16.5. The molecule has 0 radical (unpaired) electrons. The summed E-state index contributed by atoms with van der Waals surface area (Å²) >= 11 is 0. The van der Waals surface area contributed by atoms with Crippen LogP contribution >= 0.6 is 0 Å². The van der Waals surface area contributed by atoms with Crippen molar-refractivity contribution in [1.29, 1.82) is 0 Å². The molecule has 0 aromatic rings. The summed E-state index contributed by atoms with van der Waals surface area (Å²) < 4.78 is 11.9. The van der Waals surface area contributed by atoms with Crippen LogP contribution in [0.15, 0.2) is 11.6 Å². The largest absolute Gasteiger partial charge is 0.460 e. The van der Waals surface area contributed by atoms with Crippen molar-refractivity contribution in [3.63, 3.8) is 0 Å². The van der Waals surface area contributed by atoms with Gasteiger partial charge in [0, 0.05) is 37.5 Å². The zero-order valence-electron chi connectivity index (χ0n) is 21.8. The van der Waals surface area contributed by atoms with Crippen molar-refractivity contribution < 1.29 is 14.3 Å². The highest BCUT2D eigenvalue weighted by Gasteiger charge is 2.63. The summed E-state index contributed by atoms with van der Waals surface area (Å²) in [6.45, 7) is 12.9. The fraction of sp³-hybridized carbons (Fsp3) is 0.897. The van der Waals surface area contributed by atoms with Crippen molar-refractivity contribution in [1.82, 2.24) is 9.80 Å². The Bertz CT molecular complexity index is 816. The lowest BCUT2D eigenvalue weighted by molar-refractivity contribution is -0.161. The van der Waals surface area contributed by atoms with Crippen LogP contribution in [0.5, 0.6) is 0 Å². The SMILES string of the molecule is CC(=O)OC1C(N2CCOCC2)CC2C3CC=C4CC(N5CCCC5)CCC4(C)C3CCC21C. The Balaban J connectivity index is 1.26. The molecule has 6 aliphatic rings. The molecule has 0 aromatic carbocycles. The predicted molar refractivity (Wildman–Crippen MR) is 133 cm³/mol. The van der Waals surface area contributed by atoms with E-state index in [1.165, 1.54) is 70.9 Å². The summed E-state index contributed by atoms with van der Waals surface area (Å²) in [6.07, 6.45) is 14.5. The number of nitrogens with zero attached hydrogens (tertiary/aromatic N) is 2. The molecule has 5 heteroatoms. The van der Waals surface area contributed by atoms with Gasteiger partial charge in [0.05, 0.1) is 13.2 Å². The third kappa shape index (κ3) is 3.71. The van der Waals surface area contributed by atoms with Crippen LogP contribution in [-0.2, 0) is 14.3 Å². The summed E-state index contributed by atoms with van der Waals surface area (Å²) in [7, 11) is 0. The van der Waals surface area contributed by atoms with E-state index in [-0.39, 0.29) is 17.5 Å². The first kappa shape index (κ1) is 23.5. The van der Waals surface area contributed by atoms with Gasteiger partial charge in [0.15, 0.2) is 0 Å². The van der Waals surface area contributed by atoms with Crippen molar-refractivity contribution in [2.45, 2.75) is 96.7 Å². The van der Waals surface area contributed by atoms with E-state index < -0.39 is 0 Å². The molecule has 2 aliphatic heterocycles. The molecule has 2 saturated heterocycles. The molecular weight excluding hydrogens is 424 g/mol. The van der Waals surface area contributed by atoms with E-state index in [0.717, 1.165) is 44.2 Å². The Hall–Kier alpha value is -0.910. The number of esters is 1. The molecule has 8 unspecified atom stereocenters. The second-order valence-corrected chi connectivity index (χ2v) is 12.9. The Morgan fingerprint density at radius 3 is 2.53 bits per heavy atom. The van der Waals surface area contributed by atoms with Gasteiger partial charge in [0.2, 0.25) is 0 Å². The average molecular weight is 471 g/mol. The van der Waals surface area contributed by atoms with Gasteiger partial charge < -0.3 is 14.4 Å². The molecule has 8 atom stereocenters. The van der Waals surface area contributed by atoms with Crippen LogP contribution in [0.3, 0.4) is 0 Å². The average Bonchev–Trinajstić information content (AvgIpc) is 3.46. The first-order chi connectivity index (χ1) is 16.4. The van der Waals surface area contributed by atoms with Crippen molar-refractivity contribution in [2.75, 3.05) is 39.4 Å². The van der Waals surface area contributed by atoms with Crippen molar-refractivity contribution >= 4 is 5.97 Å². The third-order valence-electron chi connectivity index (χ3n) is 11.5. The quantitative estimate of drug-likeness (QED) is 0.443. The van der Waals surface area contributed by atoms with Gasteiger partial charge in [-0.25, -0.2) is 0 Å². The molecule has 0 spiro atoms. The molecule has 190 valence electrons. The number of ether oxygens (including phenoxy) is 2. The fourth-order valence-corrected chi connectivity index (χ4v) is 9.67. The Morgan fingerprint density at radius 1 is 1.03 bits per heavy atom. The summed E-state index contributed by atoms with van der Waals surface area (Å²) in [4.78, 5) is 17.6. The van der Waals surface area contributed by atoms with Gasteiger partial charge in [-0.05, 0) is 94.0 Å². The maximum Gasteiger partial charge on any atom is 0.302 e. The molecule has 0 bridgehead atoms. The molecule has 4 aliphatic carbocycles. The van der Waals surface area contributed by atoms with E-state index in [1.807, 2.05) is 0 Å². The minimum Gasteiger partial charge on any atom is -0.460 e. The van der Waals surface area contributed by atoms with Gasteiger partial charge in [0.25, 0.3) is 0 Å². The van der Waals surface area contributed by atoms with Gasteiger partial charge in [-0.2, -0.15) is 0 Å². The number of fused-ring (bicyclic) bond motifs is 5. The van der Waals surface area contributed by atoms with Gasteiger partial charge >= 0.3 is 5.97 Å². The number of carbonyl (C=O) groups is 1. The predicted octanol–water partition coefficient (Wildman–Crippen LogP) is 4.66. The lowest BCUT2D eigenvalue weighted by atomic mass is 9.48. The minimum absolute atomic E-state index is 0.0261. The van der Waals surface area contributed by atoms with E-state index in [2.05, 4.69) is 29.7 Å². The summed E-state index contributed by atoms with van der Waals surface area (Å²) in [5, 5.41) is 0. The Labute approximate surface area is 206 Å². The van der Waals surface area contributed by atoms with Crippen LogP contribution in [0.1, 0.15) is 78.6 Å². The summed E-state index contributed by atoms with van der Waals surface area (Å²) in [5.41, 5.74) is 2.28. The molecule has 6 rings (SSSR count). The van der Waals surface area contributed by atoms with Crippen LogP contribution in [0.2, 0.25) is 0 Å². The normalized spacial score (nSPS) is 47.4. The second-order valence-electron chi connectivity index (χ2n) is 12.9. The van der Waals surface area contributed by atoms with Crippen LogP contribution in [0.4, 0.5) is 0 Å². The van der Waals surface area contributed by atoms with Crippen molar-refractivity contribution in [3.8, 4) is 0 Å². The topological polar surface area (TPSA) is 42.0 Å². The van der Waals surface area contributed by atoms with Crippen LogP contribution in [-0.4, -0.2) is 73.3 Å². The van der Waals surface area contributed by atoms with E-state index in [0.29, 0.717) is 17.4 Å². The van der Waals surface area contributed by atoms with Crippen molar-refractivity contribution in [3.05, 3.63) is 11.6 Å². The van der Waals surface area contributed by atoms with Crippen molar-refractivity contribution in [2.24, 2.45) is 28.6 Å². The maximum absolute atomic E-state index is 12.2. The molecule has 34 heavy (non-hydrogen) atoms. The highest BCUT2D eigenvalue weighted by molar-refractivity contribution is 5.66. The number of hydrogen-bond donors (Lipinski definition) is 0. The smallest absolute Gasteiger partial charge is 0.302 e. The van der Waals surface area contributed by atoms with E-state index in [9.17, 15) is 4.79 Å². The van der Waals surface area contributed by atoms with E-state index >= 15 is 0 Å². The Kier molecular flexibility index (Phi) is 6.14. The standard InChI is InChI=1S/C29H46N2O3/c1-20(32)34-27-26(31-14-16-33-17-15-31)19-25-23-7-6-21-18-22(30-12-4-5-13-30)8-10-28(21,2)24(23)9-11-29(25,27)3/h6,22-27H,4-5,7-19H2,1-3H3. The lowest BCUT2D eigenvalue weighted by Gasteiger charge is -2.58. The molecule has 3 saturated carbocycles. The molecule has 2 heterocycles. The molecule has 5 nitrogen and oxygen atoms in total. The van der Waals surface area contributed by atoms with E-state index in [1.54, 1.807) is 12.5 Å². The molecular formula is C29H46N2O3. The first-order valence-corrected chi connectivity index (χ1v) is 14.3. The molecule has 0 N–H and O–H groups in total. The van der Waals surface area contributed by atoms with Gasteiger partial charge in [-0.3, -0.25) is 9.69 Å². The lowest BCUT2D eigenvalue weighted by Crippen LogP contribution is -2.54. The molecule has 5 fully saturated rings. The van der Waals surface area contributed by atoms with Crippen LogP contribution in [0.25, 0.3) is 0 Å². The minimum atomic E-state index is -0.106. The molecule has 0 aromatic heterocycles. The van der Waals surface area contributed by atoms with E-state index in [4.69, 9.17) is 9.47 Å². The Morgan fingerprint density at radius 2 is 1.79 bits per heavy atom. The summed E-state index contributed by atoms with van der Waals surface area (Å²) in [6, 6.07) is 1.14. The summed E-state index contributed by atoms with van der Waals surface area (Å²) in [5.74, 6) is 2.08. The third-order valence-corrected chi connectivity index (χ3v) is 11.5. The number of hydrogen-bond acceptors (Lipinski definition) is 5. The number of likely N-dealkylation sites (tertiary alicyclic amines) is 1. The first-order valence-electron chi connectivity index (χ1n) is 14.3. The van der Waals surface area contributed by atoms with Gasteiger partial charge in [-0.1, -0.05) is 25.5 Å². The molecule has 0 amide bonds. The van der Waals surface area contributed by atoms with Gasteiger partial charge in [-0.15, -0.1) is 0 Å². The number of carbonyl (C=O) groups excluding carboxylic acids is 1. The number of morpholine rings is 1. The fourth-order valence-electron chi connectivity index (χ4n) is 9.67. The number of allylic oxidation sites excluding steroid dienone is 1. The second kappa shape index (κ2) is 8.88. The zero-order chi connectivity index (χ0) is 23.5. The zero-order valence-corrected chi connectivity index (χ0v) is 21.8.